The molecule has 0 unspecified atom stereocenters. The standard InChI is InChI=1S/C21H28N4O2/c1-26-16-19-7-2-3-8-20(19)24-21(22)23-14-17-5-4-6-18(13-17)15-25-9-11-27-12-10-25/h2-8,13H,9-12,14-16H2,1H3,(H3,22,23,24). The van der Waals surface area contributed by atoms with E-state index in [4.69, 9.17) is 15.2 Å². The molecule has 6 heteroatoms. The van der Waals surface area contributed by atoms with Crippen LogP contribution in [-0.4, -0.2) is 44.3 Å². The van der Waals surface area contributed by atoms with Crippen LogP contribution in [0.3, 0.4) is 0 Å². The molecule has 27 heavy (non-hydrogen) atoms. The summed E-state index contributed by atoms with van der Waals surface area (Å²) in [7, 11) is 1.68. The Kier molecular flexibility index (Phi) is 7.21. The maximum Gasteiger partial charge on any atom is 0.193 e. The summed E-state index contributed by atoms with van der Waals surface area (Å²) in [5, 5.41) is 3.17. The predicted molar refractivity (Wildman–Crippen MR) is 109 cm³/mol. The number of hydrogen-bond acceptors (Lipinski definition) is 4. The number of para-hydroxylation sites is 1. The molecule has 0 aliphatic carbocycles. The number of rotatable bonds is 7. The average molecular weight is 368 g/mol. The molecule has 1 fully saturated rings. The largest absolute Gasteiger partial charge is 0.380 e. The van der Waals surface area contributed by atoms with Crippen molar-refractivity contribution in [3.8, 4) is 0 Å². The number of guanidine groups is 1. The van der Waals surface area contributed by atoms with Crippen LogP contribution >= 0.6 is 0 Å². The molecular formula is C21H28N4O2. The van der Waals surface area contributed by atoms with E-state index in [2.05, 4.69) is 39.5 Å². The lowest BCUT2D eigenvalue weighted by molar-refractivity contribution is 0.0342. The lowest BCUT2D eigenvalue weighted by Gasteiger charge is -2.26. The van der Waals surface area contributed by atoms with E-state index >= 15 is 0 Å². The summed E-state index contributed by atoms with van der Waals surface area (Å²) in [5.41, 5.74) is 10.5. The van der Waals surface area contributed by atoms with Crippen LogP contribution in [0.15, 0.2) is 53.5 Å². The number of nitrogens with one attached hydrogen (secondary N) is 1. The Hall–Kier alpha value is -2.41. The van der Waals surface area contributed by atoms with Gasteiger partial charge in [0, 0.05) is 38.0 Å². The van der Waals surface area contributed by atoms with Crippen LogP contribution in [0, 0.1) is 0 Å². The van der Waals surface area contributed by atoms with Crippen LogP contribution < -0.4 is 11.1 Å². The van der Waals surface area contributed by atoms with Crippen LogP contribution in [0.4, 0.5) is 5.69 Å². The highest BCUT2D eigenvalue weighted by Crippen LogP contribution is 2.16. The number of aliphatic imine (C=N–C) groups is 1. The molecule has 2 aromatic rings. The number of morpholine rings is 1. The summed E-state index contributed by atoms with van der Waals surface area (Å²) in [6.07, 6.45) is 0. The molecule has 3 rings (SSSR count). The minimum absolute atomic E-state index is 0.400. The maximum atomic E-state index is 6.08. The lowest BCUT2D eigenvalue weighted by atomic mass is 10.1. The van der Waals surface area contributed by atoms with Gasteiger partial charge in [-0.15, -0.1) is 0 Å². The first-order valence-electron chi connectivity index (χ1n) is 9.26. The molecule has 0 radical (unpaired) electrons. The van der Waals surface area contributed by atoms with Gasteiger partial charge in [0.15, 0.2) is 5.96 Å². The van der Waals surface area contributed by atoms with Gasteiger partial charge in [-0.05, 0) is 17.2 Å². The van der Waals surface area contributed by atoms with Crippen molar-refractivity contribution in [2.75, 3.05) is 38.7 Å². The van der Waals surface area contributed by atoms with Crippen LogP contribution in [-0.2, 0) is 29.2 Å². The van der Waals surface area contributed by atoms with Crippen molar-refractivity contribution in [1.82, 2.24) is 4.90 Å². The van der Waals surface area contributed by atoms with E-state index in [1.165, 1.54) is 5.56 Å². The van der Waals surface area contributed by atoms with E-state index in [1.54, 1.807) is 7.11 Å². The molecule has 6 nitrogen and oxygen atoms in total. The molecule has 0 spiro atoms. The lowest BCUT2D eigenvalue weighted by Crippen LogP contribution is -2.35. The second-order valence-electron chi connectivity index (χ2n) is 6.63. The first kappa shape index (κ1) is 19.4. The van der Waals surface area contributed by atoms with Gasteiger partial charge in [0.25, 0.3) is 0 Å². The van der Waals surface area contributed by atoms with Crippen molar-refractivity contribution in [2.24, 2.45) is 10.7 Å². The van der Waals surface area contributed by atoms with Crippen molar-refractivity contribution in [2.45, 2.75) is 19.7 Å². The minimum atomic E-state index is 0.400. The topological polar surface area (TPSA) is 72.1 Å². The molecule has 1 aliphatic heterocycles. The van der Waals surface area contributed by atoms with Gasteiger partial charge in [0.2, 0.25) is 0 Å². The van der Waals surface area contributed by atoms with E-state index < -0.39 is 0 Å². The van der Waals surface area contributed by atoms with E-state index in [0.717, 1.165) is 49.7 Å². The number of ether oxygens (including phenoxy) is 2. The third kappa shape index (κ3) is 6.06. The molecule has 1 aliphatic rings. The first-order valence-corrected chi connectivity index (χ1v) is 9.26. The molecule has 0 atom stereocenters. The summed E-state index contributed by atoms with van der Waals surface area (Å²) in [5.74, 6) is 0.400. The fourth-order valence-electron chi connectivity index (χ4n) is 3.12. The van der Waals surface area contributed by atoms with Gasteiger partial charge in [0.05, 0.1) is 26.4 Å². The highest BCUT2D eigenvalue weighted by molar-refractivity contribution is 5.92. The normalized spacial score (nSPS) is 15.7. The van der Waals surface area contributed by atoms with Crippen molar-refractivity contribution >= 4 is 11.6 Å². The molecular weight excluding hydrogens is 340 g/mol. The fourth-order valence-corrected chi connectivity index (χ4v) is 3.12. The fraction of sp³-hybridized carbons (Fsp3) is 0.381. The van der Waals surface area contributed by atoms with Crippen LogP contribution in [0.2, 0.25) is 0 Å². The summed E-state index contributed by atoms with van der Waals surface area (Å²) < 4.78 is 10.6. The second-order valence-corrected chi connectivity index (χ2v) is 6.63. The molecule has 144 valence electrons. The van der Waals surface area contributed by atoms with Gasteiger partial charge < -0.3 is 20.5 Å². The average Bonchev–Trinajstić information content (AvgIpc) is 2.69. The molecule has 1 saturated heterocycles. The Bertz CT molecular complexity index is 757. The van der Waals surface area contributed by atoms with E-state index in [9.17, 15) is 0 Å². The Morgan fingerprint density at radius 1 is 1.15 bits per heavy atom. The highest BCUT2D eigenvalue weighted by Gasteiger charge is 2.10. The van der Waals surface area contributed by atoms with Crippen LogP contribution in [0.1, 0.15) is 16.7 Å². The van der Waals surface area contributed by atoms with E-state index in [-0.39, 0.29) is 0 Å². The maximum absolute atomic E-state index is 6.08. The Balaban J connectivity index is 1.59. The van der Waals surface area contributed by atoms with Crippen molar-refractivity contribution in [3.05, 3.63) is 65.2 Å². The minimum Gasteiger partial charge on any atom is -0.380 e. The second kappa shape index (κ2) is 10.1. The van der Waals surface area contributed by atoms with Crippen molar-refractivity contribution in [3.63, 3.8) is 0 Å². The molecule has 0 aromatic heterocycles. The number of benzene rings is 2. The zero-order valence-corrected chi connectivity index (χ0v) is 15.9. The zero-order chi connectivity index (χ0) is 18.9. The molecule has 3 N–H and O–H groups in total. The summed E-state index contributed by atoms with van der Waals surface area (Å²) >= 11 is 0. The van der Waals surface area contributed by atoms with Crippen LogP contribution in [0.5, 0.6) is 0 Å². The Labute approximate surface area is 161 Å². The summed E-state index contributed by atoms with van der Waals surface area (Å²) in [6, 6.07) is 16.4. The van der Waals surface area contributed by atoms with Gasteiger partial charge in [0.1, 0.15) is 0 Å². The third-order valence-electron chi connectivity index (χ3n) is 4.51. The SMILES string of the molecule is COCc1ccccc1NC(N)=NCc1cccc(CN2CCOCC2)c1. The van der Waals surface area contributed by atoms with Gasteiger partial charge in [-0.1, -0.05) is 42.5 Å². The number of nitrogens with two attached hydrogens (primary N) is 1. The van der Waals surface area contributed by atoms with Crippen LogP contribution in [0.25, 0.3) is 0 Å². The molecule has 0 amide bonds. The summed E-state index contributed by atoms with van der Waals surface area (Å²) in [6.45, 7) is 5.62. The summed E-state index contributed by atoms with van der Waals surface area (Å²) in [4.78, 5) is 6.90. The molecule has 2 aromatic carbocycles. The van der Waals surface area contributed by atoms with Gasteiger partial charge in [-0.25, -0.2) is 4.99 Å². The van der Waals surface area contributed by atoms with Gasteiger partial charge in [-0.2, -0.15) is 0 Å². The van der Waals surface area contributed by atoms with Gasteiger partial charge in [-0.3, -0.25) is 4.90 Å². The zero-order valence-electron chi connectivity index (χ0n) is 15.9. The third-order valence-corrected chi connectivity index (χ3v) is 4.51. The van der Waals surface area contributed by atoms with E-state index in [1.807, 2.05) is 24.3 Å². The number of nitrogens with zero attached hydrogens (tertiary/aromatic N) is 2. The quantitative estimate of drug-likeness (QED) is 0.581. The van der Waals surface area contributed by atoms with Gasteiger partial charge >= 0.3 is 0 Å². The number of anilines is 1. The van der Waals surface area contributed by atoms with Crippen molar-refractivity contribution in [1.29, 1.82) is 0 Å². The Morgan fingerprint density at radius 3 is 2.74 bits per heavy atom. The molecule has 0 bridgehead atoms. The first-order chi connectivity index (χ1) is 13.2. The predicted octanol–water partition coefficient (Wildman–Crippen LogP) is 2.59. The highest BCUT2D eigenvalue weighted by atomic mass is 16.5. The smallest absolute Gasteiger partial charge is 0.193 e. The van der Waals surface area contributed by atoms with Crippen molar-refractivity contribution < 1.29 is 9.47 Å². The molecule has 1 heterocycles. The number of methoxy groups -OCH3 is 1. The Morgan fingerprint density at radius 2 is 1.93 bits per heavy atom. The molecule has 0 saturated carbocycles. The van der Waals surface area contributed by atoms with E-state index in [0.29, 0.717) is 19.1 Å². The number of hydrogen-bond donors (Lipinski definition) is 2. The monoisotopic (exact) mass is 368 g/mol.